The maximum absolute atomic E-state index is 12.7. The zero-order valence-corrected chi connectivity index (χ0v) is 16.0. The Balaban J connectivity index is 1.67. The summed E-state index contributed by atoms with van der Waals surface area (Å²) in [5, 5.41) is 14.4. The summed E-state index contributed by atoms with van der Waals surface area (Å²) >= 11 is 0. The van der Waals surface area contributed by atoms with Crippen LogP contribution in [0.25, 0.3) is 11.1 Å². The van der Waals surface area contributed by atoms with Gasteiger partial charge in [-0.3, -0.25) is 24.5 Å². The number of ketones is 2. The van der Waals surface area contributed by atoms with Crippen molar-refractivity contribution in [2.75, 3.05) is 5.32 Å². The van der Waals surface area contributed by atoms with Crippen molar-refractivity contribution < 1.29 is 19.3 Å². The van der Waals surface area contributed by atoms with Crippen molar-refractivity contribution in [3.8, 4) is 11.1 Å². The van der Waals surface area contributed by atoms with E-state index >= 15 is 0 Å². The van der Waals surface area contributed by atoms with E-state index in [4.69, 9.17) is 5.73 Å². The minimum Gasteiger partial charge on any atom is -0.366 e. The number of nitrogens with two attached hydrogens (primary N) is 1. The molecule has 8 heteroatoms. The Labute approximate surface area is 176 Å². The fraction of sp³-hybridized carbons (Fsp3) is 0. The lowest BCUT2D eigenvalue weighted by atomic mass is 9.92. The van der Waals surface area contributed by atoms with Crippen LogP contribution in [0.1, 0.15) is 31.1 Å². The lowest BCUT2D eigenvalue weighted by Crippen LogP contribution is -2.21. The molecular formula is C23H15N3O5. The highest BCUT2D eigenvalue weighted by Gasteiger charge is 2.25. The van der Waals surface area contributed by atoms with Crippen LogP contribution in [-0.4, -0.2) is 22.4 Å². The van der Waals surface area contributed by atoms with E-state index in [9.17, 15) is 24.5 Å². The van der Waals surface area contributed by atoms with E-state index in [-0.39, 0.29) is 34.1 Å². The summed E-state index contributed by atoms with van der Waals surface area (Å²) in [6.45, 7) is 0. The molecule has 3 N–H and O–H groups in total. The summed E-state index contributed by atoms with van der Waals surface area (Å²) in [5.74, 6) is -1.37. The summed E-state index contributed by atoms with van der Waals surface area (Å²) in [5.41, 5.74) is 6.99. The molecule has 0 heterocycles. The van der Waals surface area contributed by atoms with E-state index in [0.29, 0.717) is 22.4 Å². The normalized spacial score (nSPS) is 12.7. The van der Waals surface area contributed by atoms with Crippen molar-refractivity contribution in [1.82, 2.24) is 0 Å². The Kier molecular flexibility index (Phi) is 4.88. The second-order valence-electron chi connectivity index (χ2n) is 6.82. The Bertz CT molecular complexity index is 1260. The Morgan fingerprint density at radius 3 is 2.23 bits per heavy atom. The molecule has 1 amide bonds. The molecule has 0 spiro atoms. The van der Waals surface area contributed by atoms with Gasteiger partial charge in [-0.25, -0.2) is 0 Å². The van der Waals surface area contributed by atoms with Crippen molar-refractivity contribution in [3.05, 3.63) is 105 Å². The molecule has 0 fully saturated rings. The summed E-state index contributed by atoms with van der Waals surface area (Å²) in [6, 6.07) is 17.0. The Morgan fingerprint density at radius 1 is 0.903 bits per heavy atom. The van der Waals surface area contributed by atoms with Gasteiger partial charge < -0.3 is 11.1 Å². The number of anilines is 1. The molecule has 31 heavy (non-hydrogen) atoms. The van der Waals surface area contributed by atoms with Crippen LogP contribution in [0.5, 0.6) is 0 Å². The molecule has 0 saturated heterocycles. The minimum atomic E-state index is -0.781. The molecule has 0 atom stereocenters. The quantitative estimate of drug-likeness (QED) is 0.484. The van der Waals surface area contributed by atoms with Crippen LogP contribution in [0.3, 0.4) is 0 Å². The Hall–Kier alpha value is -4.59. The number of carbonyl (C=O) groups is 3. The van der Waals surface area contributed by atoms with E-state index in [2.05, 4.69) is 5.32 Å². The number of hydrogen-bond donors (Lipinski definition) is 2. The van der Waals surface area contributed by atoms with Crippen LogP contribution >= 0.6 is 0 Å². The van der Waals surface area contributed by atoms with Crippen LogP contribution in [0.4, 0.5) is 11.4 Å². The molecule has 0 bridgehead atoms. The van der Waals surface area contributed by atoms with Gasteiger partial charge in [-0.05, 0) is 23.8 Å². The van der Waals surface area contributed by atoms with Gasteiger partial charge in [-0.1, -0.05) is 42.5 Å². The standard InChI is InChI=1S/C23H15N3O5/c24-23(29)17-6-3-7-19(26(30)31)21(17)13-8-10-14(11-9-13)25-18-12-20(27)15-4-1-2-5-16(15)22(18)28/h1-12,25H,(H2,24,29). The number of hydrogen-bond acceptors (Lipinski definition) is 6. The second-order valence-corrected chi connectivity index (χ2v) is 6.82. The van der Waals surface area contributed by atoms with Gasteiger partial charge in [0.25, 0.3) is 5.69 Å². The van der Waals surface area contributed by atoms with Gasteiger partial charge in [0.15, 0.2) is 5.78 Å². The van der Waals surface area contributed by atoms with E-state index in [1.54, 1.807) is 48.5 Å². The van der Waals surface area contributed by atoms with Crippen LogP contribution in [0.2, 0.25) is 0 Å². The first-order chi connectivity index (χ1) is 14.9. The number of amides is 1. The minimum absolute atomic E-state index is 0.0299. The molecule has 0 aliphatic heterocycles. The molecule has 4 rings (SSSR count). The molecule has 0 radical (unpaired) electrons. The highest BCUT2D eigenvalue weighted by Crippen LogP contribution is 2.34. The number of primary amides is 1. The average Bonchev–Trinajstić information content (AvgIpc) is 2.77. The SMILES string of the molecule is NC(=O)c1cccc([N+](=O)[O-])c1-c1ccc(NC2=CC(=O)c3ccccc3C2=O)cc1. The number of nitrogens with zero attached hydrogens (tertiary/aromatic N) is 1. The van der Waals surface area contributed by atoms with Crippen molar-refractivity contribution in [3.63, 3.8) is 0 Å². The third kappa shape index (κ3) is 3.58. The maximum Gasteiger partial charge on any atom is 0.277 e. The fourth-order valence-electron chi connectivity index (χ4n) is 3.49. The third-order valence-electron chi connectivity index (χ3n) is 4.91. The molecule has 0 aromatic heterocycles. The molecule has 3 aromatic carbocycles. The van der Waals surface area contributed by atoms with Gasteiger partial charge in [0.1, 0.15) is 0 Å². The number of nitrogens with one attached hydrogen (secondary N) is 1. The van der Waals surface area contributed by atoms with E-state index < -0.39 is 10.8 Å². The van der Waals surface area contributed by atoms with Gasteiger partial charge in [0.2, 0.25) is 11.7 Å². The van der Waals surface area contributed by atoms with Crippen molar-refractivity contribution in [1.29, 1.82) is 0 Å². The largest absolute Gasteiger partial charge is 0.366 e. The zero-order valence-electron chi connectivity index (χ0n) is 16.0. The van der Waals surface area contributed by atoms with Gasteiger partial charge in [-0.2, -0.15) is 0 Å². The zero-order chi connectivity index (χ0) is 22.1. The van der Waals surface area contributed by atoms with Crippen LogP contribution in [-0.2, 0) is 0 Å². The van der Waals surface area contributed by atoms with Crippen molar-refractivity contribution in [2.24, 2.45) is 5.73 Å². The summed E-state index contributed by atoms with van der Waals surface area (Å²) in [7, 11) is 0. The number of fused-ring (bicyclic) bond motifs is 1. The molecule has 3 aromatic rings. The maximum atomic E-state index is 12.7. The first-order valence-electron chi connectivity index (χ1n) is 9.21. The molecule has 152 valence electrons. The highest BCUT2D eigenvalue weighted by molar-refractivity contribution is 6.25. The third-order valence-corrected chi connectivity index (χ3v) is 4.91. The van der Waals surface area contributed by atoms with E-state index in [1.165, 1.54) is 24.3 Å². The Morgan fingerprint density at radius 2 is 1.58 bits per heavy atom. The molecule has 8 nitrogen and oxygen atoms in total. The predicted molar refractivity (Wildman–Crippen MR) is 114 cm³/mol. The van der Waals surface area contributed by atoms with Gasteiger partial charge in [-0.15, -0.1) is 0 Å². The molecule has 1 aliphatic rings. The monoisotopic (exact) mass is 413 g/mol. The molecule has 0 saturated carbocycles. The number of nitro benzene ring substituents is 1. The lowest BCUT2D eigenvalue weighted by Gasteiger charge is -2.16. The van der Waals surface area contributed by atoms with Crippen LogP contribution in [0.15, 0.2) is 78.5 Å². The topological polar surface area (TPSA) is 132 Å². The highest BCUT2D eigenvalue weighted by atomic mass is 16.6. The lowest BCUT2D eigenvalue weighted by molar-refractivity contribution is -0.384. The first-order valence-corrected chi connectivity index (χ1v) is 9.21. The summed E-state index contributed by atoms with van der Waals surface area (Å²) in [4.78, 5) is 47.6. The van der Waals surface area contributed by atoms with Gasteiger partial charge in [0, 0.05) is 29.0 Å². The molecule has 1 aliphatic carbocycles. The van der Waals surface area contributed by atoms with Crippen molar-refractivity contribution >= 4 is 28.8 Å². The van der Waals surface area contributed by atoms with Crippen LogP contribution in [0, 0.1) is 10.1 Å². The van der Waals surface area contributed by atoms with Gasteiger partial charge >= 0.3 is 0 Å². The van der Waals surface area contributed by atoms with Crippen LogP contribution < -0.4 is 11.1 Å². The second kappa shape index (κ2) is 7.68. The smallest absolute Gasteiger partial charge is 0.277 e. The number of benzene rings is 3. The number of carbonyl (C=O) groups excluding carboxylic acids is 3. The van der Waals surface area contributed by atoms with E-state index in [1.807, 2.05) is 0 Å². The predicted octanol–water partition coefficient (Wildman–Crippen LogP) is 3.74. The first kappa shape index (κ1) is 19.7. The number of nitro groups is 1. The number of Topliss-reactive ketones (excluding diaryl/α,β-unsaturated/α-hetero) is 1. The average molecular weight is 413 g/mol. The number of rotatable bonds is 5. The van der Waals surface area contributed by atoms with E-state index in [0.717, 1.165) is 0 Å². The summed E-state index contributed by atoms with van der Waals surface area (Å²) in [6.07, 6.45) is 1.24. The van der Waals surface area contributed by atoms with Crippen molar-refractivity contribution in [2.45, 2.75) is 0 Å². The molecule has 0 unspecified atom stereocenters. The molecular weight excluding hydrogens is 398 g/mol. The summed E-state index contributed by atoms with van der Waals surface area (Å²) < 4.78 is 0. The number of allylic oxidation sites excluding steroid dienone is 2. The fourth-order valence-corrected chi connectivity index (χ4v) is 3.49. The van der Waals surface area contributed by atoms with Gasteiger partial charge in [0.05, 0.1) is 21.7 Å².